The highest BCUT2D eigenvalue weighted by atomic mass is 35.5. The summed E-state index contributed by atoms with van der Waals surface area (Å²) < 4.78 is 34.4. The molecule has 7 heteroatoms. The lowest BCUT2D eigenvalue weighted by Gasteiger charge is -1.99. The fourth-order valence-corrected chi connectivity index (χ4v) is 1.11. The number of hydrogen-bond acceptors (Lipinski definition) is 4. The van der Waals surface area contributed by atoms with Crippen molar-refractivity contribution in [2.75, 3.05) is 7.11 Å². The van der Waals surface area contributed by atoms with Crippen molar-refractivity contribution in [2.24, 2.45) is 0 Å². The van der Waals surface area contributed by atoms with E-state index in [-0.39, 0.29) is 23.1 Å². The van der Waals surface area contributed by atoms with Crippen molar-refractivity contribution in [3.8, 4) is 5.75 Å². The summed E-state index contributed by atoms with van der Waals surface area (Å²) in [6.07, 6.45) is 2.38. The Morgan fingerprint density at radius 1 is 1.46 bits per heavy atom. The Bertz CT molecular complexity index is 378. The standard InChI is InChI=1S/C6H7NO4S.ClH/c1-11-5-2-6(4-7-3-5)12(8,9)10;/h2-4H,1H3,(H,8,9,10);1H. The summed E-state index contributed by atoms with van der Waals surface area (Å²) in [5.41, 5.74) is 0. The van der Waals surface area contributed by atoms with E-state index in [9.17, 15) is 8.42 Å². The number of nitrogens with zero attached hydrogens (tertiary/aromatic N) is 1. The monoisotopic (exact) mass is 225 g/mol. The zero-order chi connectivity index (χ0) is 9.19. The van der Waals surface area contributed by atoms with Gasteiger partial charge in [-0.15, -0.1) is 12.4 Å². The second kappa shape index (κ2) is 4.40. The van der Waals surface area contributed by atoms with Gasteiger partial charge in [-0.1, -0.05) is 0 Å². The van der Waals surface area contributed by atoms with Crippen LogP contribution in [-0.4, -0.2) is 25.1 Å². The summed E-state index contributed by atoms with van der Waals surface area (Å²) in [7, 11) is -2.80. The first-order valence-electron chi connectivity index (χ1n) is 3.00. The largest absolute Gasteiger partial charge is 0.495 e. The van der Waals surface area contributed by atoms with Crippen molar-refractivity contribution in [3.05, 3.63) is 18.5 Å². The summed E-state index contributed by atoms with van der Waals surface area (Å²) in [6, 6.07) is 1.18. The third kappa shape index (κ3) is 3.17. The second-order valence-corrected chi connectivity index (χ2v) is 3.46. The first kappa shape index (κ1) is 12.2. The number of hydrogen-bond donors (Lipinski definition) is 1. The topological polar surface area (TPSA) is 76.5 Å². The third-order valence-corrected chi connectivity index (χ3v) is 2.04. The molecule has 1 N–H and O–H groups in total. The van der Waals surface area contributed by atoms with Crippen LogP contribution in [0.25, 0.3) is 0 Å². The molecule has 0 aromatic carbocycles. The van der Waals surface area contributed by atoms with Crippen molar-refractivity contribution in [2.45, 2.75) is 4.90 Å². The minimum Gasteiger partial charge on any atom is -0.495 e. The van der Waals surface area contributed by atoms with Crippen LogP contribution in [0, 0.1) is 0 Å². The molecule has 74 valence electrons. The van der Waals surface area contributed by atoms with Crippen LogP contribution in [0.1, 0.15) is 0 Å². The van der Waals surface area contributed by atoms with Gasteiger partial charge >= 0.3 is 0 Å². The highest BCUT2D eigenvalue weighted by molar-refractivity contribution is 7.85. The molecule has 0 radical (unpaired) electrons. The van der Waals surface area contributed by atoms with Gasteiger partial charge in [0.1, 0.15) is 10.6 Å². The normalized spacial score (nSPS) is 10.3. The Hall–Kier alpha value is -0.850. The summed E-state index contributed by atoms with van der Waals surface area (Å²) in [5, 5.41) is 0. The quantitative estimate of drug-likeness (QED) is 0.752. The highest BCUT2D eigenvalue weighted by Gasteiger charge is 2.10. The molecule has 0 amide bonds. The summed E-state index contributed by atoms with van der Waals surface area (Å²) in [4.78, 5) is 3.28. The van der Waals surface area contributed by atoms with Gasteiger partial charge in [-0.2, -0.15) is 8.42 Å². The molecule has 0 spiro atoms. The van der Waals surface area contributed by atoms with E-state index in [1.165, 1.54) is 19.4 Å². The lowest BCUT2D eigenvalue weighted by Crippen LogP contribution is -1.99. The fourth-order valence-electron chi connectivity index (χ4n) is 0.652. The molecule has 13 heavy (non-hydrogen) atoms. The first-order chi connectivity index (χ1) is 5.54. The van der Waals surface area contributed by atoms with Gasteiger partial charge < -0.3 is 4.74 Å². The SMILES string of the molecule is COc1cncc(S(=O)(=O)O)c1.Cl. The van der Waals surface area contributed by atoms with Crippen molar-refractivity contribution < 1.29 is 17.7 Å². The van der Waals surface area contributed by atoms with Gasteiger partial charge in [0, 0.05) is 12.3 Å². The molecule has 0 saturated heterocycles. The van der Waals surface area contributed by atoms with Crippen LogP contribution >= 0.6 is 12.4 Å². The van der Waals surface area contributed by atoms with E-state index in [1.54, 1.807) is 0 Å². The third-order valence-electron chi connectivity index (χ3n) is 1.22. The molecule has 0 aliphatic heterocycles. The number of ether oxygens (including phenoxy) is 1. The Balaban J connectivity index is 0.00000144. The molecule has 0 aliphatic rings. The van der Waals surface area contributed by atoms with Crippen molar-refractivity contribution >= 4 is 22.5 Å². The van der Waals surface area contributed by atoms with Crippen molar-refractivity contribution in [1.82, 2.24) is 4.98 Å². The second-order valence-electron chi connectivity index (χ2n) is 2.04. The maximum atomic E-state index is 10.6. The lowest BCUT2D eigenvalue weighted by molar-refractivity contribution is 0.410. The molecule has 0 saturated carbocycles. The first-order valence-corrected chi connectivity index (χ1v) is 4.44. The van der Waals surface area contributed by atoms with Crippen LogP contribution in [0.5, 0.6) is 5.75 Å². The predicted molar refractivity (Wildman–Crippen MR) is 47.9 cm³/mol. The zero-order valence-corrected chi connectivity index (χ0v) is 8.30. The highest BCUT2D eigenvalue weighted by Crippen LogP contribution is 2.13. The molecule has 1 aromatic rings. The molecule has 5 nitrogen and oxygen atoms in total. The minimum absolute atomic E-state index is 0. The van der Waals surface area contributed by atoms with E-state index >= 15 is 0 Å². The van der Waals surface area contributed by atoms with E-state index in [2.05, 4.69) is 4.98 Å². The van der Waals surface area contributed by atoms with Gasteiger partial charge in [-0.25, -0.2) is 0 Å². The molecule has 1 aromatic heterocycles. The van der Waals surface area contributed by atoms with E-state index in [1.807, 2.05) is 0 Å². The molecule has 0 fully saturated rings. The van der Waals surface area contributed by atoms with E-state index < -0.39 is 10.1 Å². The lowest BCUT2D eigenvalue weighted by atomic mass is 10.5. The van der Waals surface area contributed by atoms with Gasteiger partial charge in [0.2, 0.25) is 0 Å². The van der Waals surface area contributed by atoms with Crippen LogP contribution in [-0.2, 0) is 10.1 Å². The Morgan fingerprint density at radius 3 is 2.54 bits per heavy atom. The number of methoxy groups -OCH3 is 1. The Kier molecular flexibility index (Phi) is 4.12. The molecule has 1 rings (SSSR count). The smallest absolute Gasteiger partial charge is 0.296 e. The molecule has 0 atom stereocenters. The van der Waals surface area contributed by atoms with E-state index in [0.29, 0.717) is 0 Å². The number of halogens is 1. The van der Waals surface area contributed by atoms with Gasteiger partial charge in [0.15, 0.2) is 0 Å². The van der Waals surface area contributed by atoms with Crippen LogP contribution in [0.3, 0.4) is 0 Å². The zero-order valence-electron chi connectivity index (χ0n) is 6.67. The molecular weight excluding hydrogens is 218 g/mol. The number of rotatable bonds is 2. The summed E-state index contributed by atoms with van der Waals surface area (Å²) in [6.45, 7) is 0. The number of aromatic nitrogens is 1. The maximum absolute atomic E-state index is 10.6. The minimum atomic E-state index is -4.18. The molecule has 0 aliphatic carbocycles. The van der Waals surface area contributed by atoms with Gasteiger partial charge in [0.05, 0.1) is 13.3 Å². The predicted octanol–water partition coefficient (Wildman–Crippen LogP) is 0.759. The molecular formula is C6H8ClNO4S. The fraction of sp³-hybridized carbons (Fsp3) is 0.167. The van der Waals surface area contributed by atoms with E-state index in [4.69, 9.17) is 9.29 Å². The van der Waals surface area contributed by atoms with E-state index in [0.717, 1.165) is 6.20 Å². The van der Waals surface area contributed by atoms with Crippen LogP contribution < -0.4 is 4.74 Å². The van der Waals surface area contributed by atoms with Crippen LogP contribution in [0.4, 0.5) is 0 Å². The van der Waals surface area contributed by atoms with Crippen LogP contribution in [0.15, 0.2) is 23.4 Å². The average molecular weight is 226 g/mol. The Morgan fingerprint density at radius 2 is 2.08 bits per heavy atom. The van der Waals surface area contributed by atoms with Crippen molar-refractivity contribution in [3.63, 3.8) is 0 Å². The molecule has 1 heterocycles. The summed E-state index contributed by atoms with van der Waals surface area (Å²) in [5.74, 6) is 0.283. The van der Waals surface area contributed by atoms with Gasteiger partial charge in [0.25, 0.3) is 10.1 Å². The summed E-state index contributed by atoms with van der Waals surface area (Å²) >= 11 is 0. The number of pyridine rings is 1. The Labute approximate surface area is 81.9 Å². The maximum Gasteiger partial charge on any atom is 0.296 e. The van der Waals surface area contributed by atoms with Crippen LogP contribution in [0.2, 0.25) is 0 Å². The van der Waals surface area contributed by atoms with Gasteiger partial charge in [-0.3, -0.25) is 9.54 Å². The average Bonchev–Trinajstić information content (AvgIpc) is 2.03. The molecule has 0 bridgehead atoms. The molecule has 0 unspecified atom stereocenters. The van der Waals surface area contributed by atoms with Crippen molar-refractivity contribution in [1.29, 1.82) is 0 Å². The van der Waals surface area contributed by atoms with Gasteiger partial charge in [-0.05, 0) is 0 Å².